The average molecular weight is 164 g/mol. The van der Waals surface area contributed by atoms with E-state index in [0.29, 0.717) is 11.0 Å². The molecule has 0 bridgehead atoms. The first-order valence-corrected chi connectivity index (χ1v) is 3.58. The van der Waals surface area contributed by atoms with Gasteiger partial charge in [-0.3, -0.25) is 0 Å². The molecule has 0 aliphatic heterocycles. The number of fused-ring (bicyclic) bond motifs is 1. The molecule has 0 aliphatic rings. The van der Waals surface area contributed by atoms with Crippen LogP contribution in [0.1, 0.15) is 5.56 Å². The van der Waals surface area contributed by atoms with Gasteiger partial charge in [-0.1, -0.05) is 0 Å². The van der Waals surface area contributed by atoms with Crippen LogP contribution in [-0.2, 0) is 0 Å². The van der Waals surface area contributed by atoms with Crippen LogP contribution in [-0.4, -0.2) is 10.2 Å². The van der Waals surface area contributed by atoms with E-state index in [1.807, 2.05) is 6.92 Å². The molecule has 2 rings (SSSR count). The lowest BCUT2D eigenvalue weighted by molar-refractivity contribution is 0.453. The summed E-state index contributed by atoms with van der Waals surface area (Å²) in [6, 6.07) is 2.77. The molecule has 0 spiro atoms. The maximum absolute atomic E-state index is 9.40. The Labute approximate surface area is 68.9 Å². The fourth-order valence-corrected chi connectivity index (χ4v) is 1.29. The van der Waals surface area contributed by atoms with Crippen LogP contribution in [0.3, 0.4) is 0 Å². The zero-order chi connectivity index (χ0) is 8.72. The second kappa shape index (κ2) is 2.17. The molecule has 2 aromatic rings. The van der Waals surface area contributed by atoms with Gasteiger partial charge >= 0.3 is 0 Å². The number of aryl methyl sites for hydroxylation is 1. The monoisotopic (exact) mass is 164 g/mol. The summed E-state index contributed by atoms with van der Waals surface area (Å²) < 4.78 is 5.09. The minimum Gasteiger partial charge on any atom is -0.508 e. The SMILES string of the molecule is Cc1coc2cc(O)cc(O)c12. The predicted octanol–water partition coefficient (Wildman–Crippen LogP) is 2.15. The second-order valence-electron chi connectivity index (χ2n) is 2.76. The number of rotatable bonds is 0. The van der Waals surface area contributed by atoms with E-state index in [-0.39, 0.29) is 11.5 Å². The van der Waals surface area contributed by atoms with Crippen molar-refractivity contribution in [3.05, 3.63) is 24.0 Å². The number of benzene rings is 1. The normalized spacial score (nSPS) is 10.8. The summed E-state index contributed by atoms with van der Waals surface area (Å²) >= 11 is 0. The molecule has 1 aromatic carbocycles. The summed E-state index contributed by atoms with van der Waals surface area (Å²) in [4.78, 5) is 0. The Morgan fingerprint density at radius 1 is 1.25 bits per heavy atom. The lowest BCUT2D eigenvalue weighted by atomic mass is 10.2. The standard InChI is InChI=1S/C9H8O3/c1-5-4-12-8-3-6(10)2-7(11)9(5)8/h2-4,10-11H,1H3. The van der Waals surface area contributed by atoms with Crippen molar-refractivity contribution < 1.29 is 14.6 Å². The van der Waals surface area contributed by atoms with E-state index in [1.54, 1.807) is 6.26 Å². The molecule has 3 nitrogen and oxygen atoms in total. The summed E-state index contributed by atoms with van der Waals surface area (Å²) in [5, 5.41) is 19.2. The molecule has 0 unspecified atom stereocenters. The van der Waals surface area contributed by atoms with Crippen molar-refractivity contribution in [1.29, 1.82) is 0 Å². The Morgan fingerprint density at radius 2 is 2.00 bits per heavy atom. The largest absolute Gasteiger partial charge is 0.508 e. The highest BCUT2D eigenvalue weighted by molar-refractivity contribution is 5.88. The molecular formula is C9H8O3. The topological polar surface area (TPSA) is 53.6 Å². The first kappa shape index (κ1) is 7.03. The fourth-order valence-electron chi connectivity index (χ4n) is 1.29. The van der Waals surface area contributed by atoms with E-state index in [4.69, 9.17) is 9.52 Å². The average Bonchev–Trinajstić information content (AvgIpc) is 2.31. The lowest BCUT2D eigenvalue weighted by Gasteiger charge is -1.96. The molecule has 2 N–H and O–H groups in total. The molecule has 1 heterocycles. The van der Waals surface area contributed by atoms with Crippen molar-refractivity contribution in [2.75, 3.05) is 0 Å². The van der Waals surface area contributed by atoms with Gasteiger partial charge in [-0.15, -0.1) is 0 Å². The van der Waals surface area contributed by atoms with Gasteiger partial charge in [0, 0.05) is 12.1 Å². The zero-order valence-electron chi connectivity index (χ0n) is 6.53. The molecule has 0 saturated carbocycles. The van der Waals surface area contributed by atoms with Gasteiger partial charge in [-0.2, -0.15) is 0 Å². The van der Waals surface area contributed by atoms with Crippen LogP contribution in [0.15, 0.2) is 22.8 Å². The molecule has 0 aliphatic carbocycles. The Kier molecular flexibility index (Phi) is 1.27. The van der Waals surface area contributed by atoms with Crippen LogP contribution in [0.25, 0.3) is 11.0 Å². The Balaban J connectivity index is 2.93. The summed E-state index contributed by atoms with van der Waals surface area (Å²) in [5.74, 6) is 0.0607. The van der Waals surface area contributed by atoms with Crippen LogP contribution >= 0.6 is 0 Å². The summed E-state index contributed by atoms with van der Waals surface area (Å²) in [5.41, 5.74) is 1.37. The molecule has 1 aromatic heterocycles. The number of hydrogen-bond donors (Lipinski definition) is 2. The third kappa shape index (κ3) is 0.830. The van der Waals surface area contributed by atoms with E-state index in [9.17, 15) is 5.11 Å². The Morgan fingerprint density at radius 3 is 2.75 bits per heavy atom. The molecule has 0 amide bonds. The van der Waals surface area contributed by atoms with Gasteiger partial charge < -0.3 is 14.6 Å². The van der Waals surface area contributed by atoms with Gasteiger partial charge in [-0.05, 0) is 12.5 Å². The Hall–Kier alpha value is -1.64. The molecule has 0 atom stereocenters. The first-order valence-electron chi connectivity index (χ1n) is 3.58. The van der Waals surface area contributed by atoms with Gasteiger partial charge in [0.25, 0.3) is 0 Å². The van der Waals surface area contributed by atoms with Crippen molar-refractivity contribution >= 4 is 11.0 Å². The third-order valence-corrected chi connectivity index (χ3v) is 1.82. The van der Waals surface area contributed by atoms with E-state index in [0.717, 1.165) is 5.56 Å². The van der Waals surface area contributed by atoms with Crippen molar-refractivity contribution in [3.63, 3.8) is 0 Å². The predicted molar refractivity (Wildman–Crippen MR) is 44.3 cm³/mol. The number of phenolic OH excluding ortho intramolecular Hbond substituents is 2. The number of aromatic hydroxyl groups is 2. The highest BCUT2D eigenvalue weighted by Crippen LogP contribution is 2.32. The molecule has 0 radical (unpaired) electrons. The maximum atomic E-state index is 9.40. The molecule has 12 heavy (non-hydrogen) atoms. The summed E-state index contributed by atoms with van der Waals surface area (Å²) in [6.45, 7) is 1.84. The van der Waals surface area contributed by atoms with Crippen LogP contribution in [0.2, 0.25) is 0 Å². The van der Waals surface area contributed by atoms with Gasteiger partial charge in [0.15, 0.2) is 0 Å². The van der Waals surface area contributed by atoms with Gasteiger partial charge in [0.1, 0.15) is 17.1 Å². The van der Waals surface area contributed by atoms with E-state index in [1.165, 1.54) is 12.1 Å². The van der Waals surface area contributed by atoms with Crippen LogP contribution < -0.4 is 0 Å². The third-order valence-electron chi connectivity index (χ3n) is 1.82. The van der Waals surface area contributed by atoms with Crippen molar-refractivity contribution in [2.24, 2.45) is 0 Å². The summed E-state index contributed by atoms with van der Waals surface area (Å²) in [7, 11) is 0. The van der Waals surface area contributed by atoms with E-state index < -0.39 is 0 Å². The molecule has 0 saturated heterocycles. The molecular weight excluding hydrogens is 156 g/mol. The van der Waals surface area contributed by atoms with Crippen LogP contribution in [0.5, 0.6) is 11.5 Å². The quantitative estimate of drug-likeness (QED) is 0.627. The molecule has 62 valence electrons. The second-order valence-corrected chi connectivity index (χ2v) is 2.76. The number of hydrogen-bond acceptors (Lipinski definition) is 3. The van der Waals surface area contributed by atoms with Crippen molar-refractivity contribution in [2.45, 2.75) is 6.92 Å². The van der Waals surface area contributed by atoms with Gasteiger partial charge in [0.05, 0.1) is 11.6 Å². The number of phenols is 2. The van der Waals surface area contributed by atoms with Crippen molar-refractivity contribution in [3.8, 4) is 11.5 Å². The molecule has 0 fully saturated rings. The van der Waals surface area contributed by atoms with Crippen molar-refractivity contribution in [1.82, 2.24) is 0 Å². The fraction of sp³-hybridized carbons (Fsp3) is 0.111. The van der Waals surface area contributed by atoms with E-state index >= 15 is 0 Å². The number of furan rings is 1. The van der Waals surface area contributed by atoms with E-state index in [2.05, 4.69) is 0 Å². The lowest BCUT2D eigenvalue weighted by Crippen LogP contribution is -1.71. The van der Waals surface area contributed by atoms with Crippen LogP contribution in [0, 0.1) is 6.92 Å². The highest BCUT2D eigenvalue weighted by atomic mass is 16.3. The van der Waals surface area contributed by atoms with Crippen LogP contribution in [0.4, 0.5) is 0 Å². The van der Waals surface area contributed by atoms with Gasteiger partial charge in [-0.25, -0.2) is 0 Å². The highest BCUT2D eigenvalue weighted by Gasteiger charge is 2.08. The minimum atomic E-state index is 0.00866. The minimum absolute atomic E-state index is 0.00866. The Bertz CT molecular complexity index is 429. The maximum Gasteiger partial charge on any atom is 0.141 e. The summed E-state index contributed by atoms with van der Waals surface area (Å²) in [6.07, 6.45) is 1.55. The van der Waals surface area contributed by atoms with Gasteiger partial charge in [0.2, 0.25) is 0 Å². The zero-order valence-corrected chi connectivity index (χ0v) is 6.53. The molecule has 3 heteroatoms. The first-order chi connectivity index (χ1) is 5.68. The smallest absolute Gasteiger partial charge is 0.141 e.